The molecule has 0 saturated heterocycles. The van der Waals surface area contributed by atoms with E-state index in [-0.39, 0.29) is 22.7 Å². The molecule has 1 amide bonds. The summed E-state index contributed by atoms with van der Waals surface area (Å²) in [7, 11) is 1.64. The van der Waals surface area contributed by atoms with Gasteiger partial charge in [-0.3, -0.25) is 4.79 Å². The van der Waals surface area contributed by atoms with Crippen LogP contribution >= 0.6 is 23.2 Å². The Morgan fingerprint density at radius 3 is 2.82 bits per heavy atom. The van der Waals surface area contributed by atoms with Crippen LogP contribution in [0.1, 0.15) is 13.3 Å². The number of nitrogen functional groups attached to an aromatic ring is 1. The Morgan fingerprint density at radius 1 is 1.53 bits per heavy atom. The van der Waals surface area contributed by atoms with Crippen LogP contribution in [0.3, 0.4) is 0 Å². The highest BCUT2D eigenvalue weighted by Gasteiger charge is 2.28. The molecule has 1 unspecified atom stereocenters. The smallest absolute Gasteiger partial charge is 0.230 e. The number of anilines is 2. The van der Waals surface area contributed by atoms with Crippen molar-refractivity contribution in [2.45, 2.75) is 19.4 Å². The summed E-state index contributed by atoms with van der Waals surface area (Å²) < 4.78 is 5.63. The van der Waals surface area contributed by atoms with Gasteiger partial charge >= 0.3 is 0 Å². The van der Waals surface area contributed by atoms with Crippen LogP contribution in [-0.4, -0.2) is 19.1 Å². The monoisotopic (exact) mass is 274 g/mol. The number of fused-ring (bicyclic) bond motifs is 1. The fraction of sp³-hybridized carbons (Fsp3) is 0.364. The molecule has 17 heavy (non-hydrogen) atoms. The van der Waals surface area contributed by atoms with E-state index in [1.807, 2.05) is 6.92 Å². The van der Waals surface area contributed by atoms with Gasteiger partial charge in [0.05, 0.1) is 22.2 Å². The first-order chi connectivity index (χ1) is 7.91. The molecule has 4 nitrogen and oxygen atoms in total. The van der Waals surface area contributed by atoms with Gasteiger partial charge in [-0.05, 0) is 6.92 Å². The minimum Gasteiger partial charge on any atom is -0.488 e. The zero-order chi connectivity index (χ0) is 12.7. The normalized spacial score (nSPS) is 19.6. The molecule has 2 N–H and O–H groups in total. The van der Waals surface area contributed by atoms with Crippen molar-refractivity contribution in [1.29, 1.82) is 0 Å². The molecule has 1 atom stereocenters. The molecular weight excluding hydrogens is 263 g/mol. The average Bonchev–Trinajstić information content (AvgIpc) is 2.34. The van der Waals surface area contributed by atoms with Crippen molar-refractivity contribution in [3.05, 3.63) is 16.1 Å². The highest BCUT2D eigenvalue weighted by molar-refractivity contribution is 6.41. The van der Waals surface area contributed by atoms with Crippen molar-refractivity contribution in [3.63, 3.8) is 0 Å². The number of halogens is 2. The third-order valence-electron chi connectivity index (χ3n) is 2.69. The predicted octanol–water partition coefficient (Wildman–Crippen LogP) is 2.71. The summed E-state index contributed by atoms with van der Waals surface area (Å²) in [4.78, 5) is 13.3. The minimum absolute atomic E-state index is 0.0696. The number of nitrogens with two attached hydrogens (primary N) is 1. The lowest BCUT2D eigenvalue weighted by Crippen LogP contribution is -2.27. The first kappa shape index (κ1) is 12.3. The summed E-state index contributed by atoms with van der Waals surface area (Å²) in [6.45, 7) is 1.82. The number of ether oxygens (including phenoxy) is 1. The van der Waals surface area contributed by atoms with Gasteiger partial charge in [0.15, 0.2) is 0 Å². The van der Waals surface area contributed by atoms with E-state index in [4.69, 9.17) is 33.7 Å². The van der Waals surface area contributed by atoms with Gasteiger partial charge in [-0.15, -0.1) is 0 Å². The number of rotatable bonds is 0. The van der Waals surface area contributed by atoms with Crippen LogP contribution < -0.4 is 15.4 Å². The van der Waals surface area contributed by atoms with Gasteiger partial charge in [-0.2, -0.15) is 0 Å². The van der Waals surface area contributed by atoms with E-state index in [0.29, 0.717) is 22.9 Å². The standard InChI is InChI=1S/C11H12Cl2N2O2/c1-5-3-8(16)15(2)11-7(17-5)4-6(12)10(14)9(11)13/h4-5H,3,14H2,1-2H3. The molecule has 1 aliphatic rings. The SMILES string of the molecule is CC1CC(=O)N(C)c2c(cc(Cl)c(N)c2Cl)O1. The number of carbonyl (C=O) groups excluding carboxylic acids is 1. The maximum absolute atomic E-state index is 11.8. The Hall–Kier alpha value is -1.13. The first-order valence-electron chi connectivity index (χ1n) is 5.12. The molecule has 1 aromatic rings. The van der Waals surface area contributed by atoms with E-state index >= 15 is 0 Å². The summed E-state index contributed by atoms with van der Waals surface area (Å²) in [5.74, 6) is 0.412. The number of carbonyl (C=O) groups is 1. The molecule has 0 spiro atoms. The van der Waals surface area contributed by atoms with Gasteiger partial charge in [0.2, 0.25) is 5.91 Å². The third kappa shape index (κ3) is 2.03. The summed E-state index contributed by atoms with van der Waals surface area (Å²) in [5.41, 5.74) is 6.47. The molecule has 1 aliphatic heterocycles. The summed E-state index contributed by atoms with van der Waals surface area (Å²) in [5, 5.41) is 0.571. The molecule has 6 heteroatoms. The Morgan fingerprint density at radius 2 is 2.18 bits per heavy atom. The molecule has 92 valence electrons. The second-order valence-electron chi connectivity index (χ2n) is 4.02. The third-order valence-corrected chi connectivity index (χ3v) is 3.39. The van der Waals surface area contributed by atoms with Gasteiger partial charge < -0.3 is 15.4 Å². The molecule has 1 heterocycles. The molecule has 1 aromatic carbocycles. The molecular formula is C11H12Cl2N2O2. The van der Waals surface area contributed by atoms with Crippen molar-refractivity contribution in [1.82, 2.24) is 0 Å². The fourth-order valence-electron chi connectivity index (χ4n) is 1.77. The lowest BCUT2D eigenvalue weighted by molar-refractivity contribution is -0.119. The van der Waals surface area contributed by atoms with E-state index in [2.05, 4.69) is 0 Å². The van der Waals surface area contributed by atoms with E-state index in [0.717, 1.165) is 0 Å². The highest BCUT2D eigenvalue weighted by atomic mass is 35.5. The number of amides is 1. The Kier molecular flexibility index (Phi) is 3.10. The molecule has 0 aromatic heterocycles. The van der Waals surface area contributed by atoms with E-state index in [9.17, 15) is 4.79 Å². The van der Waals surface area contributed by atoms with Crippen LogP contribution in [0, 0.1) is 0 Å². The topological polar surface area (TPSA) is 55.6 Å². The molecule has 2 rings (SSSR count). The van der Waals surface area contributed by atoms with Crippen molar-refractivity contribution in [2.75, 3.05) is 17.7 Å². The van der Waals surface area contributed by atoms with Crippen LogP contribution in [0.2, 0.25) is 10.0 Å². The van der Waals surface area contributed by atoms with Crippen molar-refractivity contribution in [2.24, 2.45) is 0 Å². The number of hydrogen-bond donors (Lipinski definition) is 1. The fourth-order valence-corrected chi connectivity index (χ4v) is 2.33. The molecule has 0 bridgehead atoms. The highest BCUT2D eigenvalue weighted by Crippen LogP contribution is 2.45. The lowest BCUT2D eigenvalue weighted by Gasteiger charge is -2.19. The van der Waals surface area contributed by atoms with Gasteiger partial charge in [0.25, 0.3) is 0 Å². The largest absolute Gasteiger partial charge is 0.488 e. The Bertz CT molecular complexity index is 491. The Balaban J connectivity index is 2.66. The van der Waals surface area contributed by atoms with Crippen molar-refractivity contribution in [3.8, 4) is 5.75 Å². The van der Waals surface area contributed by atoms with Crippen molar-refractivity contribution >= 4 is 40.5 Å². The quantitative estimate of drug-likeness (QED) is 0.740. The maximum atomic E-state index is 11.8. The van der Waals surface area contributed by atoms with Crippen LogP contribution in [-0.2, 0) is 4.79 Å². The van der Waals surface area contributed by atoms with Crippen LogP contribution in [0.25, 0.3) is 0 Å². The average molecular weight is 275 g/mol. The second kappa shape index (κ2) is 4.27. The molecule has 0 fully saturated rings. The zero-order valence-electron chi connectivity index (χ0n) is 9.46. The lowest BCUT2D eigenvalue weighted by atomic mass is 10.2. The molecule has 0 radical (unpaired) electrons. The maximum Gasteiger partial charge on any atom is 0.230 e. The first-order valence-corrected chi connectivity index (χ1v) is 5.88. The summed E-state index contributed by atoms with van der Waals surface area (Å²) >= 11 is 12.1. The Labute approximate surface area is 109 Å². The van der Waals surface area contributed by atoms with Gasteiger partial charge in [-0.25, -0.2) is 0 Å². The number of benzene rings is 1. The molecule has 0 aliphatic carbocycles. The van der Waals surface area contributed by atoms with Crippen LogP contribution in [0.4, 0.5) is 11.4 Å². The van der Waals surface area contributed by atoms with Crippen molar-refractivity contribution < 1.29 is 9.53 Å². The van der Waals surface area contributed by atoms with Gasteiger partial charge in [-0.1, -0.05) is 23.2 Å². The van der Waals surface area contributed by atoms with E-state index < -0.39 is 0 Å². The van der Waals surface area contributed by atoms with E-state index in [1.54, 1.807) is 13.1 Å². The van der Waals surface area contributed by atoms with Gasteiger partial charge in [0.1, 0.15) is 17.5 Å². The minimum atomic E-state index is -0.220. The summed E-state index contributed by atoms with van der Waals surface area (Å²) in [6, 6.07) is 1.59. The van der Waals surface area contributed by atoms with Gasteiger partial charge in [0, 0.05) is 13.1 Å². The van der Waals surface area contributed by atoms with Crippen LogP contribution in [0.5, 0.6) is 5.75 Å². The number of nitrogens with zero attached hydrogens (tertiary/aromatic N) is 1. The van der Waals surface area contributed by atoms with Crippen LogP contribution in [0.15, 0.2) is 6.07 Å². The molecule has 0 saturated carbocycles. The summed E-state index contributed by atoms with van der Waals surface area (Å²) in [6.07, 6.45) is 0.0703. The predicted molar refractivity (Wildman–Crippen MR) is 69.0 cm³/mol. The number of hydrogen-bond acceptors (Lipinski definition) is 3. The van der Waals surface area contributed by atoms with E-state index in [1.165, 1.54) is 4.90 Å². The zero-order valence-corrected chi connectivity index (χ0v) is 11.0. The second-order valence-corrected chi connectivity index (χ2v) is 4.80.